The van der Waals surface area contributed by atoms with E-state index in [9.17, 15) is 31.6 Å². The van der Waals surface area contributed by atoms with E-state index in [1.807, 2.05) is 119 Å². The van der Waals surface area contributed by atoms with Gasteiger partial charge in [-0.3, -0.25) is 9.59 Å². The zero-order valence-electron chi connectivity index (χ0n) is 43.3. The first-order chi connectivity index (χ1) is 38.2. The van der Waals surface area contributed by atoms with Crippen molar-refractivity contribution in [2.24, 2.45) is 0 Å². The lowest BCUT2D eigenvalue weighted by atomic mass is 10.1. The molecule has 4 amide bonds. The molecule has 2 aliphatic rings. The monoisotopic (exact) mass is 1090 g/mol. The third-order valence-corrected chi connectivity index (χ3v) is 14.8. The molecule has 5 N–H and O–H groups in total. The molecule has 404 valence electrons. The van der Waals surface area contributed by atoms with Gasteiger partial charge in [-0.2, -0.15) is 4.31 Å². The maximum Gasteiger partial charge on any atom is 0.317 e. The zero-order chi connectivity index (χ0) is 55.3. The van der Waals surface area contributed by atoms with Gasteiger partial charge < -0.3 is 41.3 Å². The molecule has 79 heavy (non-hydrogen) atoms. The number of hydrogen-bond donors (Lipinski definition) is 5. The quantitative estimate of drug-likeness (QED) is 0.0688. The van der Waals surface area contributed by atoms with Crippen LogP contribution in [0.15, 0.2) is 175 Å². The molecule has 2 saturated heterocycles. The maximum absolute atomic E-state index is 14.1. The number of carbonyl (C=O) groups excluding carboxylic acids is 3. The summed E-state index contributed by atoms with van der Waals surface area (Å²) < 4.78 is 54.3. The van der Waals surface area contributed by atoms with Crippen LogP contribution in [0, 0.1) is 11.6 Å². The lowest BCUT2D eigenvalue weighted by molar-refractivity contribution is -0.115. The lowest BCUT2D eigenvalue weighted by Gasteiger charge is -2.36. The van der Waals surface area contributed by atoms with Crippen molar-refractivity contribution < 1.29 is 31.6 Å². The van der Waals surface area contributed by atoms with Crippen molar-refractivity contribution in [3.05, 3.63) is 187 Å². The summed E-state index contributed by atoms with van der Waals surface area (Å²) >= 11 is 0. The number of anilines is 8. The Bertz CT molecular complexity index is 3500. The van der Waals surface area contributed by atoms with E-state index in [1.54, 1.807) is 30.6 Å². The van der Waals surface area contributed by atoms with Gasteiger partial charge in [0.1, 0.15) is 16.5 Å². The van der Waals surface area contributed by atoms with Crippen LogP contribution in [0.1, 0.15) is 19.4 Å². The van der Waals surface area contributed by atoms with Crippen molar-refractivity contribution in [2.45, 2.75) is 25.3 Å². The first-order valence-electron chi connectivity index (χ1n) is 25.4. The molecule has 6 aromatic carbocycles. The first kappa shape index (κ1) is 54.4. The minimum Gasteiger partial charge on any atom is -0.369 e. The molecular formula is C58H57F2N13O5S. The van der Waals surface area contributed by atoms with Crippen molar-refractivity contribution in [3.63, 3.8) is 0 Å². The summed E-state index contributed by atoms with van der Waals surface area (Å²) in [6.07, 6.45) is 3.38. The van der Waals surface area contributed by atoms with E-state index >= 15 is 0 Å². The van der Waals surface area contributed by atoms with Gasteiger partial charge in [-0.1, -0.05) is 54.6 Å². The van der Waals surface area contributed by atoms with Crippen LogP contribution < -0.4 is 36.4 Å². The third kappa shape index (κ3) is 14.6. The standard InChI is InChI=1S/C30H31N7O2.C28H26F2N6O3S/c1-22(38)33-25-9-7-24(8-10-25)28-15-16-31-29(35-28)34-26-11-13-27(14-12-26)36-17-19-37(20-18-36)30(39)32-21-23-5-3-2-4-6-23;1-19(37)32-22-5-2-20(3-6-22)26-12-13-31-28(34-26)33-23-7-9-24(10-8-23)35-14-16-36(17-15-35)40(38,39)27-11-4-21(29)18-25(27)30/h2-16H,17-21H2,1H3,(H,32,39)(H,33,38)(H,31,34,35);2-13,18H,14-17H2,1H3,(H,32,37)(H,31,33,34). The predicted molar refractivity (Wildman–Crippen MR) is 303 cm³/mol. The fraction of sp³-hybridized carbons (Fsp3) is 0.190. The van der Waals surface area contributed by atoms with Crippen LogP contribution in [-0.4, -0.2) is 108 Å². The normalized spacial score (nSPS) is 13.6. The van der Waals surface area contributed by atoms with Gasteiger partial charge in [0.05, 0.1) is 11.4 Å². The molecule has 0 atom stereocenters. The van der Waals surface area contributed by atoms with Crippen LogP contribution >= 0.6 is 0 Å². The van der Waals surface area contributed by atoms with Crippen molar-refractivity contribution in [2.75, 3.05) is 83.4 Å². The lowest BCUT2D eigenvalue weighted by Crippen LogP contribution is -2.51. The molecule has 18 nitrogen and oxygen atoms in total. The minimum absolute atomic E-state index is 0.0241. The molecule has 0 radical (unpaired) electrons. The Kier molecular flexibility index (Phi) is 17.4. The van der Waals surface area contributed by atoms with E-state index in [0.717, 1.165) is 81.7 Å². The number of piperazine rings is 2. The van der Waals surface area contributed by atoms with Gasteiger partial charge in [-0.05, 0) is 103 Å². The van der Waals surface area contributed by atoms with E-state index in [-0.39, 0.29) is 30.9 Å². The summed E-state index contributed by atoms with van der Waals surface area (Å²) in [4.78, 5) is 58.6. The number of halogens is 2. The highest BCUT2D eigenvalue weighted by Gasteiger charge is 2.31. The van der Waals surface area contributed by atoms with Gasteiger partial charge in [0.25, 0.3) is 0 Å². The number of amides is 4. The highest BCUT2D eigenvalue weighted by molar-refractivity contribution is 7.89. The van der Waals surface area contributed by atoms with Crippen LogP contribution in [0.5, 0.6) is 0 Å². The van der Waals surface area contributed by atoms with E-state index in [2.05, 4.69) is 63.6 Å². The minimum atomic E-state index is -4.06. The maximum atomic E-state index is 14.1. The molecule has 4 heterocycles. The predicted octanol–water partition coefficient (Wildman–Crippen LogP) is 9.51. The number of aromatic nitrogens is 4. The van der Waals surface area contributed by atoms with Gasteiger partial charge in [0.2, 0.25) is 33.7 Å². The number of hydrogen-bond acceptors (Lipinski definition) is 13. The highest BCUT2D eigenvalue weighted by Crippen LogP contribution is 2.28. The number of rotatable bonds is 14. The van der Waals surface area contributed by atoms with Crippen molar-refractivity contribution in [1.29, 1.82) is 0 Å². The molecule has 8 aromatic rings. The Morgan fingerprint density at radius 3 is 1.44 bits per heavy atom. The molecular weight excluding hydrogens is 1030 g/mol. The zero-order valence-corrected chi connectivity index (χ0v) is 44.1. The van der Waals surface area contributed by atoms with Crippen molar-refractivity contribution >= 4 is 73.9 Å². The number of nitrogens with zero attached hydrogens (tertiary/aromatic N) is 8. The molecule has 2 aliphatic heterocycles. The summed E-state index contributed by atoms with van der Waals surface area (Å²) in [6.45, 7) is 7.55. The summed E-state index contributed by atoms with van der Waals surface area (Å²) in [7, 11) is -4.06. The average molecular weight is 1090 g/mol. The Labute approximate surface area is 456 Å². The second kappa shape index (κ2) is 25.2. The smallest absolute Gasteiger partial charge is 0.317 e. The molecule has 0 unspecified atom stereocenters. The number of benzene rings is 6. The molecule has 0 spiro atoms. The first-order valence-corrected chi connectivity index (χ1v) is 26.8. The second-order valence-electron chi connectivity index (χ2n) is 18.5. The van der Waals surface area contributed by atoms with Crippen molar-refractivity contribution in [3.8, 4) is 22.5 Å². The van der Waals surface area contributed by atoms with Gasteiger partial charge in [0.15, 0.2) is 0 Å². The fourth-order valence-corrected chi connectivity index (χ4v) is 10.3. The van der Waals surface area contributed by atoms with Crippen LogP contribution in [0.3, 0.4) is 0 Å². The van der Waals surface area contributed by atoms with E-state index in [4.69, 9.17) is 0 Å². The Morgan fingerprint density at radius 2 is 0.987 bits per heavy atom. The Hall–Kier alpha value is -9.34. The fourth-order valence-electron chi connectivity index (χ4n) is 8.85. The number of carbonyl (C=O) groups is 3. The second-order valence-corrected chi connectivity index (χ2v) is 20.4. The highest BCUT2D eigenvalue weighted by atomic mass is 32.2. The van der Waals surface area contributed by atoms with E-state index in [0.29, 0.717) is 56.4 Å². The molecule has 0 bridgehead atoms. The summed E-state index contributed by atoms with van der Waals surface area (Å²) in [5, 5.41) is 15.0. The van der Waals surface area contributed by atoms with Gasteiger partial charge in [-0.15, -0.1) is 0 Å². The topological polar surface area (TPSA) is 210 Å². The van der Waals surface area contributed by atoms with E-state index in [1.165, 1.54) is 18.2 Å². The van der Waals surface area contributed by atoms with Gasteiger partial charge in [0, 0.05) is 136 Å². The molecule has 10 rings (SSSR count). The van der Waals surface area contributed by atoms with Crippen LogP contribution in [0.25, 0.3) is 22.5 Å². The average Bonchev–Trinajstić information content (AvgIpc) is 3.46. The van der Waals surface area contributed by atoms with Crippen LogP contribution in [0.2, 0.25) is 0 Å². The molecule has 2 fully saturated rings. The SMILES string of the molecule is CC(=O)Nc1ccc(-c2ccnc(Nc3ccc(N4CCN(C(=O)NCc5ccccc5)CC4)cc3)n2)cc1.CC(=O)Nc1ccc(-c2ccnc(Nc3ccc(N4CCN(S(=O)(=O)c5ccc(F)cc5F)CC4)cc3)n2)cc1. The van der Waals surface area contributed by atoms with Crippen molar-refractivity contribution in [1.82, 2.24) is 34.5 Å². The molecule has 0 saturated carbocycles. The number of urea groups is 1. The third-order valence-electron chi connectivity index (χ3n) is 12.9. The van der Waals surface area contributed by atoms with Gasteiger partial charge in [-0.25, -0.2) is 41.9 Å². The summed E-state index contributed by atoms with van der Waals surface area (Å²) in [6, 6.07) is 46.6. The molecule has 2 aromatic heterocycles. The number of sulfonamides is 1. The Morgan fingerprint density at radius 1 is 0.532 bits per heavy atom. The van der Waals surface area contributed by atoms with Crippen LogP contribution in [-0.2, 0) is 26.2 Å². The number of nitrogens with one attached hydrogen (secondary N) is 5. The summed E-state index contributed by atoms with van der Waals surface area (Å²) in [5.41, 5.74) is 9.51. The largest absolute Gasteiger partial charge is 0.369 e. The van der Waals surface area contributed by atoms with Gasteiger partial charge >= 0.3 is 6.03 Å². The molecule has 0 aliphatic carbocycles. The van der Waals surface area contributed by atoms with E-state index < -0.39 is 26.6 Å². The summed E-state index contributed by atoms with van der Waals surface area (Å²) in [5.74, 6) is -1.25. The molecule has 21 heteroatoms. The van der Waals surface area contributed by atoms with Crippen LogP contribution in [0.4, 0.5) is 59.6 Å². The Balaban J connectivity index is 0.000000192.